The Morgan fingerprint density at radius 2 is 2.57 bits per heavy atom. The Bertz CT molecular complexity index is 316. The third-order valence-electron chi connectivity index (χ3n) is 2.87. The maximum Gasteiger partial charge on any atom is 0.108 e. The maximum absolute atomic E-state index is 5.44. The Balaban J connectivity index is 2.12. The third kappa shape index (κ3) is 1.75. The van der Waals surface area contributed by atoms with Gasteiger partial charge in [0.25, 0.3) is 0 Å². The Hall–Kier alpha value is -1.02. The van der Waals surface area contributed by atoms with Gasteiger partial charge in [0.15, 0.2) is 0 Å². The molecule has 2 atom stereocenters. The molecule has 2 heteroatoms. The van der Waals surface area contributed by atoms with Gasteiger partial charge < -0.3 is 9.73 Å². The van der Waals surface area contributed by atoms with E-state index in [4.69, 9.17) is 4.42 Å². The van der Waals surface area contributed by atoms with Crippen molar-refractivity contribution < 1.29 is 4.42 Å². The molecule has 1 aromatic heterocycles. The first kappa shape index (κ1) is 9.53. The van der Waals surface area contributed by atoms with Crippen LogP contribution in [-0.2, 0) is 6.42 Å². The molecule has 0 aromatic carbocycles. The zero-order valence-corrected chi connectivity index (χ0v) is 8.62. The first-order valence-electron chi connectivity index (χ1n) is 5.26. The third-order valence-corrected chi connectivity index (χ3v) is 2.87. The van der Waals surface area contributed by atoms with Crippen LogP contribution in [0.25, 0.3) is 0 Å². The second-order valence-electron chi connectivity index (χ2n) is 3.93. The summed E-state index contributed by atoms with van der Waals surface area (Å²) in [6, 6.07) is 2.90. The van der Waals surface area contributed by atoms with E-state index in [0.29, 0.717) is 12.1 Å². The maximum atomic E-state index is 5.44. The van der Waals surface area contributed by atoms with Gasteiger partial charge in [0, 0.05) is 24.1 Å². The first-order valence-corrected chi connectivity index (χ1v) is 5.26. The van der Waals surface area contributed by atoms with E-state index in [0.717, 1.165) is 12.2 Å². The molecule has 0 bridgehead atoms. The second-order valence-corrected chi connectivity index (χ2v) is 3.93. The van der Waals surface area contributed by atoms with Crippen molar-refractivity contribution >= 4 is 0 Å². The Morgan fingerprint density at radius 3 is 3.36 bits per heavy atom. The predicted octanol–water partition coefficient (Wildman–Crippen LogP) is 2.82. The average molecular weight is 191 g/mol. The summed E-state index contributed by atoms with van der Waals surface area (Å²) in [7, 11) is 0. The molecule has 76 valence electrons. The summed E-state index contributed by atoms with van der Waals surface area (Å²) in [5.41, 5.74) is 1.34. The molecule has 1 heterocycles. The van der Waals surface area contributed by atoms with Gasteiger partial charge >= 0.3 is 0 Å². The molecule has 0 radical (unpaired) electrons. The van der Waals surface area contributed by atoms with E-state index >= 15 is 0 Å². The minimum absolute atomic E-state index is 0.362. The van der Waals surface area contributed by atoms with Crippen molar-refractivity contribution in [1.29, 1.82) is 0 Å². The lowest BCUT2D eigenvalue weighted by Gasteiger charge is -2.25. The molecule has 1 aliphatic carbocycles. The molecule has 2 nitrogen and oxygen atoms in total. The van der Waals surface area contributed by atoms with E-state index in [1.54, 1.807) is 6.26 Å². The topological polar surface area (TPSA) is 25.2 Å². The van der Waals surface area contributed by atoms with Gasteiger partial charge in [-0.3, -0.25) is 0 Å². The monoisotopic (exact) mass is 191 g/mol. The largest absolute Gasteiger partial charge is 0.469 e. The SMILES string of the molecule is C=CC(C)NC1CCCc2occc21. The molecule has 0 spiro atoms. The molecular formula is C12H17NO. The quantitative estimate of drug-likeness (QED) is 0.743. The van der Waals surface area contributed by atoms with Crippen LogP contribution < -0.4 is 5.32 Å². The summed E-state index contributed by atoms with van der Waals surface area (Å²) >= 11 is 0. The van der Waals surface area contributed by atoms with Crippen molar-refractivity contribution in [3.05, 3.63) is 36.3 Å². The van der Waals surface area contributed by atoms with Gasteiger partial charge in [0.1, 0.15) is 5.76 Å². The Labute approximate surface area is 85.0 Å². The number of fused-ring (bicyclic) bond motifs is 1. The molecule has 1 aliphatic rings. The molecule has 0 saturated carbocycles. The first-order chi connectivity index (χ1) is 6.81. The van der Waals surface area contributed by atoms with Crippen LogP contribution in [0.4, 0.5) is 0 Å². The van der Waals surface area contributed by atoms with Crippen LogP contribution in [-0.4, -0.2) is 6.04 Å². The number of hydrogen-bond acceptors (Lipinski definition) is 2. The fourth-order valence-electron chi connectivity index (χ4n) is 2.04. The van der Waals surface area contributed by atoms with Crippen LogP contribution in [0.5, 0.6) is 0 Å². The van der Waals surface area contributed by atoms with Crippen LogP contribution in [0.2, 0.25) is 0 Å². The minimum atomic E-state index is 0.362. The van der Waals surface area contributed by atoms with Crippen molar-refractivity contribution in [1.82, 2.24) is 5.32 Å². The number of aryl methyl sites for hydroxylation is 1. The lowest BCUT2D eigenvalue weighted by Crippen LogP contribution is -2.30. The van der Waals surface area contributed by atoms with Gasteiger partial charge in [-0.25, -0.2) is 0 Å². The average Bonchev–Trinajstić information content (AvgIpc) is 2.66. The second kappa shape index (κ2) is 4.01. The van der Waals surface area contributed by atoms with E-state index in [1.807, 2.05) is 6.08 Å². The van der Waals surface area contributed by atoms with Crippen LogP contribution in [0.3, 0.4) is 0 Å². The summed E-state index contributed by atoms with van der Waals surface area (Å²) in [6.45, 7) is 5.91. The predicted molar refractivity (Wildman–Crippen MR) is 57.2 cm³/mol. The van der Waals surface area contributed by atoms with E-state index in [1.165, 1.54) is 18.4 Å². The van der Waals surface area contributed by atoms with Crippen LogP contribution in [0.15, 0.2) is 29.4 Å². The molecule has 1 aromatic rings. The summed E-state index contributed by atoms with van der Waals surface area (Å²) in [4.78, 5) is 0. The standard InChI is InChI=1S/C12H17NO/c1-3-9(2)13-11-5-4-6-12-10(11)7-8-14-12/h3,7-9,11,13H,1,4-6H2,2H3. The summed E-state index contributed by atoms with van der Waals surface area (Å²) in [5, 5.41) is 3.53. The van der Waals surface area contributed by atoms with Crippen molar-refractivity contribution in [3.63, 3.8) is 0 Å². The van der Waals surface area contributed by atoms with E-state index < -0.39 is 0 Å². The summed E-state index contributed by atoms with van der Waals surface area (Å²) in [5.74, 6) is 1.16. The molecular weight excluding hydrogens is 174 g/mol. The van der Waals surface area contributed by atoms with Crippen molar-refractivity contribution in [2.75, 3.05) is 0 Å². The summed E-state index contributed by atoms with van der Waals surface area (Å²) in [6.07, 6.45) is 7.23. The van der Waals surface area contributed by atoms with Gasteiger partial charge in [0.05, 0.1) is 6.26 Å². The van der Waals surface area contributed by atoms with E-state index in [-0.39, 0.29) is 0 Å². The Kier molecular flexibility index (Phi) is 2.73. The smallest absolute Gasteiger partial charge is 0.108 e. The highest BCUT2D eigenvalue weighted by Crippen LogP contribution is 2.30. The highest BCUT2D eigenvalue weighted by molar-refractivity contribution is 5.24. The molecule has 0 amide bonds. The number of nitrogens with one attached hydrogen (secondary N) is 1. The van der Waals surface area contributed by atoms with Crippen LogP contribution >= 0.6 is 0 Å². The number of rotatable bonds is 3. The normalized spacial score (nSPS) is 22.8. The van der Waals surface area contributed by atoms with Gasteiger partial charge in [-0.2, -0.15) is 0 Å². The molecule has 0 saturated heterocycles. The van der Waals surface area contributed by atoms with Crippen molar-refractivity contribution in [2.24, 2.45) is 0 Å². The fraction of sp³-hybridized carbons (Fsp3) is 0.500. The van der Waals surface area contributed by atoms with Crippen molar-refractivity contribution in [3.8, 4) is 0 Å². The van der Waals surface area contributed by atoms with Crippen molar-refractivity contribution in [2.45, 2.75) is 38.3 Å². The lowest BCUT2D eigenvalue weighted by atomic mass is 9.93. The van der Waals surface area contributed by atoms with Gasteiger partial charge in [-0.1, -0.05) is 6.08 Å². The highest BCUT2D eigenvalue weighted by Gasteiger charge is 2.22. The summed E-state index contributed by atoms with van der Waals surface area (Å²) < 4.78 is 5.44. The van der Waals surface area contributed by atoms with Gasteiger partial charge in [-0.05, 0) is 25.8 Å². The zero-order chi connectivity index (χ0) is 9.97. The molecule has 1 N–H and O–H groups in total. The molecule has 14 heavy (non-hydrogen) atoms. The van der Waals surface area contributed by atoms with E-state index in [2.05, 4.69) is 24.9 Å². The number of hydrogen-bond donors (Lipinski definition) is 1. The van der Waals surface area contributed by atoms with Crippen LogP contribution in [0.1, 0.15) is 37.1 Å². The zero-order valence-electron chi connectivity index (χ0n) is 8.62. The molecule has 0 aliphatic heterocycles. The minimum Gasteiger partial charge on any atom is -0.469 e. The molecule has 0 fully saturated rings. The van der Waals surface area contributed by atoms with Gasteiger partial charge in [-0.15, -0.1) is 6.58 Å². The molecule has 2 unspecified atom stereocenters. The van der Waals surface area contributed by atoms with E-state index in [9.17, 15) is 0 Å². The molecule has 2 rings (SSSR count). The Morgan fingerprint density at radius 1 is 1.71 bits per heavy atom. The number of furan rings is 1. The highest BCUT2D eigenvalue weighted by atomic mass is 16.3. The van der Waals surface area contributed by atoms with Gasteiger partial charge in [0.2, 0.25) is 0 Å². The lowest BCUT2D eigenvalue weighted by molar-refractivity contribution is 0.401. The van der Waals surface area contributed by atoms with Crippen LogP contribution in [0, 0.1) is 0 Å². The fourth-order valence-corrected chi connectivity index (χ4v) is 2.04.